The maximum absolute atomic E-state index is 12.8. The lowest BCUT2D eigenvalue weighted by atomic mass is 10.1. The van der Waals surface area contributed by atoms with Crippen LogP contribution < -0.4 is 5.32 Å². The van der Waals surface area contributed by atoms with E-state index in [1.54, 1.807) is 0 Å². The molecule has 0 spiro atoms. The molecule has 0 aliphatic heterocycles. The van der Waals surface area contributed by atoms with Crippen molar-refractivity contribution in [2.75, 3.05) is 11.9 Å². The number of benzene rings is 1. The number of nitro benzene ring substituents is 1. The SMILES string of the molecule is O=C(O)CCCNc1ccc([N+](=O)[O-])cc1C(F)F. The third-order valence-corrected chi connectivity index (χ3v) is 2.36. The topological polar surface area (TPSA) is 92.5 Å². The Labute approximate surface area is 107 Å². The third-order valence-electron chi connectivity index (χ3n) is 2.36. The Morgan fingerprint density at radius 3 is 2.68 bits per heavy atom. The first-order valence-corrected chi connectivity index (χ1v) is 5.44. The van der Waals surface area contributed by atoms with E-state index in [9.17, 15) is 23.7 Å². The summed E-state index contributed by atoms with van der Waals surface area (Å²) in [4.78, 5) is 20.0. The van der Waals surface area contributed by atoms with E-state index in [-0.39, 0.29) is 25.1 Å². The van der Waals surface area contributed by atoms with Crippen molar-refractivity contribution in [3.63, 3.8) is 0 Å². The maximum Gasteiger partial charge on any atom is 0.303 e. The van der Waals surface area contributed by atoms with E-state index < -0.39 is 28.6 Å². The van der Waals surface area contributed by atoms with Crippen molar-refractivity contribution in [2.45, 2.75) is 19.3 Å². The predicted molar refractivity (Wildman–Crippen MR) is 63.4 cm³/mol. The van der Waals surface area contributed by atoms with E-state index in [4.69, 9.17) is 5.11 Å². The fourth-order valence-corrected chi connectivity index (χ4v) is 1.47. The zero-order chi connectivity index (χ0) is 14.4. The highest BCUT2D eigenvalue weighted by Crippen LogP contribution is 2.30. The van der Waals surface area contributed by atoms with Crippen LogP contribution in [-0.4, -0.2) is 22.5 Å². The van der Waals surface area contributed by atoms with E-state index >= 15 is 0 Å². The Morgan fingerprint density at radius 2 is 2.16 bits per heavy atom. The first-order valence-electron chi connectivity index (χ1n) is 5.44. The first-order chi connectivity index (χ1) is 8.91. The van der Waals surface area contributed by atoms with Crippen LogP contribution in [0.2, 0.25) is 0 Å². The van der Waals surface area contributed by atoms with Gasteiger partial charge in [-0.05, 0) is 12.5 Å². The van der Waals surface area contributed by atoms with Crippen LogP contribution in [0.5, 0.6) is 0 Å². The average Bonchev–Trinajstić information content (AvgIpc) is 2.34. The molecule has 1 aromatic carbocycles. The Morgan fingerprint density at radius 1 is 1.47 bits per heavy atom. The number of carboxylic acid groups (broad SMARTS) is 1. The molecular weight excluding hydrogens is 262 g/mol. The number of hydrogen-bond acceptors (Lipinski definition) is 4. The Balaban J connectivity index is 2.76. The van der Waals surface area contributed by atoms with E-state index in [0.29, 0.717) is 0 Å². The van der Waals surface area contributed by atoms with Crippen LogP contribution in [0.25, 0.3) is 0 Å². The molecule has 0 bridgehead atoms. The number of non-ortho nitro benzene ring substituents is 1. The number of rotatable bonds is 7. The molecule has 0 radical (unpaired) electrons. The molecule has 0 atom stereocenters. The molecule has 0 saturated carbocycles. The van der Waals surface area contributed by atoms with Crippen molar-refractivity contribution in [2.24, 2.45) is 0 Å². The van der Waals surface area contributed by atoms with Gasteiger partial charge in [-0.1, -0.05) is 0 Å². The summed E-state index contributed by atoms with van der Waals surface area (Å²) in [6.45, 7) is 0.198. The Kier molecular flexibility index (Phi) is 5.16. The highest BCUT2D eigenvalue weighted by atomic mass is 19.3. The summed E-state index contributed by atoms with van der Waals surface area (Å²) in [7, 11) is 0. The number of halogens is 2. The predicted octanol–water partition coefficient (Wildman–Crippen LogP) is 2.81. The molecule has 0 amide bonds. The highest BCUT2D eigenvalue weighted by molar-refractivity contribution is 5.66. The van der Waals surface area contributed by atoms with Crippen LogP contribution in [0, 0.1) is 10.1 Å². The van der Waals surface area contributed by atoms with E-state index in [1.165, 1.54) is 6.07 Å². The molecule has 8 heteroatoms. The van der Waals surface area contributed by atoms with Gasteiger partial charge in [-0.3, -0.25) is 14.9 Å². The van der Waals surface area contributed by atoms with Gasteiger partial charge in [0.05, 0.1) is 4.92 Å². The summed E-state index contributed by atoms with van der Waals surface area (Å²) in [6.07, 6.45) is -2.65. The van der Waals surface area contributed by atoms with Gasteiger partial charge in [-0.25, -0.2) is 8.78 Å². The smallest absolute Gasteiger partial charge is 0.303 e. The molecule has 0 aliphatic rings. The zero-order valence-electron chi connectivity index (χ0n) is 9.81. The molecule has 0 saturated heterocycles. The second-order valence-electron chi connectivity index (χ2n) is 3.75. The molecule has 104 valence electrons. The summed E-state index contributed by atoms with van der Waals surface area (Å²) in [5, 5.41) is 21.6. The van der Waals surface area contributed by atoms with Gasteiger partial charge in [-0.2, -0.15) is 0 Å². The van der Waals surface area contributed by atoms with Gasteiger partial charge >= 0.3 is 5.97 Å². The van der Waals surface area contributed by atoms with Gasteiger partial charge in [0.25, 0.3) is 12.1 Å². The van der Waals surface area contributed by atoms with Gasteiger partial charge in [0, 0.05) is 36.3 Å². The number of nitro groups is 1. The van der Waals surface area contributed by atoms with Crippen LogP contribution in [0.1, 0.15) is 24.8 Å². The summed E-state index contributed by atoms with van der Waals surface area (Å²) < 4.78 is 25.5. The van der Waals surface area contributed by atoms with Crippen molar-refractivity contribution in [1.29, 1.82) is 0 Å². The molecule has 0 aliphatic carbocycles. The number of hydrogen-bond donors (Lipinski definition) is 2. The second-order valence-corrected chi connectivity index (χ2v) is 3.75. The molecule has 2 N–H and O–H groups in total. The summed E-state index contributed by atoms with van der Waals surface area (Å²) in [6, 6.07) is 3.12. The molecule has 0 fully saturated rings. The number of carbonyl (C=O) groups is 1. The summed E-state index contributed by atoms with van der Waals surface area (Å²) >= 11 is 0. The number of nitrogens with one attached hydrogen (secondary N) is 1. The number of aliphatic carboxylic acids is 1. The lowest BCUT2D eigenvalue weighted by Gasteiger charge is -2.10. The fraction of sp³-hybridized carbons (Fsp3) is 0.364. The number of nitrogens with zero attached hydrogens (tertiary/aromatic N) is 1. The molecule has 1 aromatic rings. The monoisotopic (exact) mass is 274 g/mol. The molecule has 0 aromatic heterocycles. The minimum Gasteiger partial charge on any atom is -0.481 e. The Hall–Kier alpha value is -2.25. The van der Waals surface area contributed by atoms with Crippen molar-refractivity contribution in [1.82, 2.24) is 0 Å². The number of alkyl halides is 2. The minimum absolute atomic E-state index is 0.0750. The zero-order valence-corrected chi connectivity index (χ0v) is 9.81. The van der Waals surface area contributed by atoms with Crippen molar-refractivity contribution >= 4 is 17.3 Å². The lowest BCUT2D eigenvalue weighted by molar-refractivity contribution is -0.385. The standard InChI is InChI=1S/C11H12F2N2O4/c12-11(13)8-6-7(15(18)19)3-4-9(8)14-5-1-2-10(16)17/h3-4,6,11,14H,1-2,5H2,(H,16,17). The van der Waals surface area contributed by atoms with E-state index in [1.807, 2.05) is 0 Å². The number of carboxylic acids is 1. The summed E-state index contributed by atoms with van der Waals surface area (Å²) in [5.41, 5.74) is -0.804. The van der Waals surface area contributed by atoms with Crippen LogP contribution in [0.4, 0.5) is 20.2 Å². The van der Waals surface area contributed by atoms with E-state index in [0.717, 1.165) is 12.1 Å². The van der Waals surface area contributed by atoms with Crippen molar-refractivity contribution < 1.29 is 23.6 Å². The lowest BCUT2D eigenvalue weighted by Crippen LogP contribution is -2.07. The van der Waals surface area contributed by atoms with Crippen molar-refractivity contribution in [3.8, 4) is 0 Å². The van der Waals surface area contributed by atoms with E-state index in [2.05, 4.69) is 5.32 Å². The normalized spacial score (nSPS) is 10.5. The molecule has 0 unspecified atom stereocenters. The first kappa shape index (κ1) is 14.8. The molecule has 0 heterocycles. The van der Waals surface area contributed by atoms with Crippen molar-refractivity contribution in [3.05, 3.63) is 33.9 Å². The van der Waals surface area contributed by atoms with Gasteiger partial charge in [0.1, 0.15) is 0 Å². The fourth-order valence-electron chi connectivity index (χ4n) is 1.47. The quantitative estimate of drug-likeness (QED) is 0.453. The molecule has 19 heavy (non-hydrogen) atoms. The van der Waals surface area contributed by atoms with Gasteiger partial charge in [0.15, 0.2) is 0 Å². The van der Waals surface area contributed by atoms with Crippen LogP contribution in [0.15, 0.2) is 18.2 Å². The average molecular weight is 274 g/mol. The number of anilines is 1. The van der Waals surface area contributed by atoms with Crippen LogP contribution >= 0.6 is 0 Å². The van der Waals surface area contributed by atoms with Crippen LogP contribution in [0.3, 0.4) is 0 Å². The largest absolute Gasteiger partial charge is 0.481 e. The molecule has 6 nitrogen and oxygen atoms in total. The van der Waals surface area contributed by atoms with Gasteiger partial charge < -0.3 is 10.4 Å². The van der Waals surface area contributed by atoms with Gasteiger partial charge in [0.2, 0.25) is 0 Å². The molecule has 1 rings (SSSR count). The maximum atomic E-state index is 12.8. The molecular formula is C11H12F2N2O4. The van der Waals surface area contributed by atoms with Crippen LogP contribution in [-0.2, 0) is 4.79 Å². The highest BCUT2D eigenvalue weighted by Gasteiger charge is 2.17. The third kappa shape index (κ3) is 4.49. The minimum atomic E-state index is -2.85. The second kappa shape index (κ2) is 6.62. The summed E-state index contributed by atoms with van der Waals surface area (Å²) in [5.74, 6) is -0.973. The Bertz CT molecular complexity index is 480. The van der Waals surface area contributed by atoms with Gasteiger partial charge in [-0.15, -0.1) is 0 Å².